The lowest BCUT2D eigenvalue weighted by Crippen LogP contribution is -2.01. The van der Waals surface area contributed by atoms with Crippen molar-refractivity contribution in [2.45, 2.75) is 4.90 Å². The maximum Gasteiger partial charge on any atom is 0.335 e. The van der Waals surface area contributed by atoms with E-state index in [1.807, 2.05) is 0 Å². The molecule has 0 bridgehead atoms. The highest BCUT2D eigenvalue weighted by Crippen LogP contribution is 2.27. The molecule has 0 heterocycles. The highest BCUT2D eigenvalue weighted by atomic mass is 32.2. The lowest BCUT2D eigenvalue weighted by molar-refractivity contribution is 0.0697. The van der Waals surface area contributed by atoms with Crippen LogP contribution in [-0.2, 0) is 9.84 Å². The molecule has 2 rings (SSSR count). The molecule has 0 aliphatic heterocycles. The molecule has 2 aromatic rings. The molecule has 19 heavy (non-hydrogen) atoms. The van der Waals surface area contributed by atoms with E-state index in [0.29, 0.717) is 11.1 Å². The Balaban J connectivity index is 2.66. The Morgan fingerprint density at radius 3 is 2.37 bits per heavy atom. The lowest BCUT2D eigenvalue weighted by atomic mass is 10.0. The van der Waals surface area contributed by atoms with Crippen LogP contribution in [0.5, 0.6) is 0 Å². The normalized spacial score (nSPS) is 11.2. The van der Waals surface area contributed by atoms with E-state index in [9.17, 15) is 13.2 Å². The Labute approximate surface area is 111 Å². The third kappa shape index (κ3) is 2.82. The Morgan fingerprint density at radius 1 is 1.05 bits per heavy atom. The van der Waals surface area contributed by atoms with E-state index in [1.165, 1.54) is 18.2 Å². The maximum atomic E-state index is 11.7. The SMILES string of the molecule is CS(=O)(=O)c1ccccc1-c1cccc(C(=O)O)c1. The molecule has 0 aromatic heterocycles. The van der Waals surface area contributed by atoms with Gasteiger partial charge in [-0.3, -0.25) is 0 Å². The highest BCUT2D eigenvalue weighted by molar-refractivity contribution is 7.90. The van der Waals surface area contributed by atoms with E-state index in [1.54, 1.807) is 30.3 Å². The number of aromatic carboxylic acids is 1. The molecule has 4 nitrogen and oxygen atoms in total. The molecule has 0 aliphatic rings. The molecule has 0 atom stereocenters. The second kappa shape index (κ2) is 4.85. The smallest absolute Gasteiger partial charge is 0.335 e. The summed E-state index contributed by atoms with van der Waals surface area (Å²) in [6.45, 7) is 0. The van der Waals surface area contributed by atoms with Gasteiger partial charge in [0.2, 0.25) is 0 Å². The lowest BCUT2D eigenvalue weighted by Gasteiger charge is -2.08. The molecule has 0 radical (unpaired) electrons. The van der Waals surface area contributed by atoms with Crippen molar-refractivity contribution >= 4 is 15.8 Å². The summed E-state index contributed by atoms with van der Waals surface area (Å²) in [7, 11) is -3.36. The number of hydrogen-bond acceptors (Lipinski definition) is 3. The molecule has 5 heteroatoms. The molecule has 0 aliphatic carbocycles. The number of benzene rings is 2. The van der Waals surface area contributed by atoms with Crippen LogP contribution < -0.4 is 0 Å². The molecule has 2 aromatic carbocycles. The minimum absolute atomic E-state index is 0.126. The zero-order chi connectivity index (χ0) is 14.0. The van der Waals surface area contributed by atoms with Gasteiger partial charge < -0.3 is 5.11 Å². The van der Waals surface area contributed by atoms with E-state index in [2.05, 4.69) is 0 Å². The van der Waals surface area contributed by atoms with E-state index < -0.39 is 15.8 Å². The van der Waals surface area contributed by atoms with Crippen LogP contribution in [0, 0.1) is 0 Å². The van der Waals surface area contributed by atoms with Gasteiger partial charge in [0.25, 0.3) is 0 Å². The van der Waals surface area contributed by atoms with Crippen molar-refractivity contribution in [2.75, 3.05) is 6.26 Å². The maximum absolute atomic E-state index is 11.7. The van der Waals surface area contributed by atoms with Gasteiger partial charge in [-0.15, -0.1) is 0 Å². The van der Waals surface area contributed by atoms with Gasteiger partial charge >= 0.3 is 5.97 Å². The van der Waals surface area contributed by atoms with Crippen LogP contribution in [0.2, 0.25) is 0 Å². The summed E-state index contributed by atoms with van der Waals surface area (Å²) in [5.41, 5.74) is 1.20. The fourth-order valence-electron chi connectivity index (χ4n) is 1.85. The Bertz CT molecular complexity index is 733. The molecule has 98 valence electrons. The van der Waals surface area contributed by atoms with Crippen molar-refractivity contribution in [2.24, 2.45) is 0 Å². The summed E-state index contributed by atoms with van der Waals surface area (Å²) in [4.78, 5) is 11.1. The van der Waals surface area contributed by atoms with Gasteiger partial charge in [0.05, 0.1) is 10.5 Å². The van der Waals surface area contributed by atoms with Crippen LogP contribution in [-0.4, -0.2) is 25.7 Å². The Hall–Kier alpha value is -2.14. The first-order valence-corrected chi connectivity index (χ1v) is 7.41. The Kier molecular flexibility index (Phi) is 3.40. The monoisotopic (exact) mass is 276 g/mol. The molecular formula is C14H12O4S. The third-order valence-corrected chi connectivity index (χ3v) is 3.86. The zero-order valence-electron chi connectivity index (χ0n) is 10.2. The molecule has 0 amide bonds. The zero-order valence-corrected chi connectivity index (χ0v) is 11.0. The van der Waals surface area contributed by atoms with Gasteiger partial charge in [-0.2, -0.15) is 0 Å². The second-order valence-corrected chi connectivity index (χ2v) is 6.14. The van der Waals surface area contributed by atoms with Crippen molar-refractivity contribution in [3.8, 4) is 11.1 Å². The minimum Gasteiger partial charge on any atom is -0.478 e. The number of rotatable bonds is 3. The van der Waals surface area contributed by atoms with Crippen LogP contribution in [0.4, 0.5) is 0 Å². The first-order chi connectivity index (χ1) is 8.89. The van der Waals surface area contributed by atoms with Gasteiger partial charge in [0, 0.05) is 11.8 Å². The van der Waals surface area contributed by atoms with Gasteiger partial charge in [-0.1, -0.05) is 30.3 Å². The van der Waals surface area contributed by atoms with Crippen LogP contribution in [0.25, 0.3) is 11.1 Å². The fraction of sp³-hybridized carbons (Fsp3) is 0.0714. The molecule has 0 fully saturated rings. The quantitative estimate of drug-likeness (QED) is 0.934. The molecular weight excluding hydrogens is 264 g/mol. The molecule has 0 spiro atoms. The van der Waals surface area contributed by atoms with Crippen molar-refractivity contribution in [1.82, 2.24) is 0 Å². The second-order valence-electron chi connectivity index (χ2n) is 4.15. The number of carboxylic acid groups (broad SMARTS) is 1. The third-order valence-electron chi connectivity index (χ3n) is 2.71. The summed E-state index contributed by atoms with van der Waals surface area (Å²) < 4.78 is 23.5. The molecule has 0 unspecified atom stereocenters. The number of sulfone groups is 1. The summed E-state index contributed by atoms with van der Waals surface area (Å²) >= 11 is 0. The highest BCUT2D eigenvalue weighted by Gasteiger charge is 2.14. The van der Waals surface area contributed by atoms with Crippen molar-refractivity contribution in [3.63, 3.8) is 0 Å². The first kappa shape index (κ1) is 13.3. The van der Waals surface area contributed by atoms with Crippen LogP contribution in [0.15, 0.2) is 53.4 Å². The van der Waals surface area contributed by atoms with Crippen LogP contribution >= 0.6 is 0 Å². The van der Waals surface area contributed by atoms with E-state index in [4.69, 9.17) is 5.11 Å². The van der Waals surface area contributed by atoms with Crippen molar-refractivity contribution < 1.29 is 18.3 Å². The van der Waals surface area contributed by atoms with Crippen molar-refractivity contribution in [3.05, 3.63) is 54.1 Å². The largest absolute Gasteiger partial charge is 0.478 e. The number of carbonyl (C=O) groups is 1. The molecule has 0 saturated heterocycles. The predicted molar refractivity (Wildman–Crippen MR) is 71.9 cm³/mol. The van der Waals surface area contributed by atoms with Gasteiger partial charge in [-0.25, -0.2) is 13.2 Å². The topological polar surface area (TPSA) is 71.4 Å². The van der Waals surface area contributed by atoms with E-state index >= 15 is 0 Å². The average Bonchev–Trinajstić information content (AvgIpc) is 2.38. The summed E-state index contributed by atoms with van der Waals surface area (Å²) in [5, 5.41) is 8.97. The van der Waals surface area contributed by atoms with Gasteiger partial charge in [-0.05, 0) is 23.8 Å². The van der Waals surface area contributed by atoms with E-state index in [0.717, 1.165) is 6.26 Å². The van der Waals surface area contributed by atoms with E-state index in [-0.39, 0.29) is 10.5 Å². The van der Waals surface area contributed by atoms with Crippen molar-refractivity contribution in [1.29, 1.82) is 0 Å². The van der Waals surface area contributed by atoms with Crippen LogP contribution in [0.1, 0.15) is 10.4 Å². The average molecular weight is 276 g/mol. The minimum atomic E-state index is -3.36. The first-order valence-electron chi connectivity index (χ1n) is 5.52. The number of carboxylic acids is 1. The van der Waals surface area contributed by atoms with Crippen LogP contribution in [0.3, 0.4) is 0 Å². The van der Waals surface area contributed by atoms with Gasteiger partial charge in [0.1, 0.15) is 0 Å². The molecule has 0 saturated carbocycles. The summed E-state index contributed by atoms with van der Waals surface area (Å²) in [6.07, 6.45) is 1.13. The summed E-state index contributed by atoms with van der Waals surface area (Å²) in [5.74, 6) is -1.04. The van der Waals surface area contributed by atoms with Gasteiger partial charge in [0.15, 0.2) is 9.84 Å². The standard InChI is InChI=1S/C14H12O4S/c1-19(17,18)13-8-3-2-7-12(13)10-5-4-6-11(9-10)14(15)16/h2-9H,1H3,(H,15,16). The molecule has 1 N–H and O–H groups in total. The predicted octanol–water partition coefficient (Wildman–Crippen LogP) is 2.46. The Morgan fingerprint density at radius 2 is 1.74 bits per heavy atom. The summed E-state index contributed by atoms with van der Waals surface area (Å²) in [6, 6.07) is 12.8. The number of hydrogen-bond donors (Lipinski definition) is 1. The fourth-order valence-corrected chi connectivity index (χ4v) is 2.76.